The Balaban J connectivity index is 1.80. The van der Waals surface area contributed by atoms with Gasteiger partial charge in [-0.05, 0) is 50.4 Å². The van der Waals surface area contributed by atoms with Crippen molar-refractivity contribution in [2.75, 3.05) is 0 Å². The molecule has 0 saturated heterocycles. The molecule has 1 unspecified atom stereocenters. The van der Waals surface area contributed by atoms with Crippen molar-refractivity contribution in [3.05, 3.63) is 12.2 Å². The van der Waals surface area contributed by atoms with Crippen LogP contribution in [0.4, 0.5) is 0 Å². The zero-order valence-electron chi connectivity index (χ0n) is 18.8. The van der Waals surface area contributed by atoms with Gasteiger partial charge < -0.3 is 20.4 Å². The smallest absolute Gasteiger partial charge is 0.303 e. The van der Waals surface area contributed by atoms with Gasteiger partial charge in [0.05, 0.1) is 17.8 Å². The van der Waals surface area contributed by atoms with Crippen LogP contribution in [0.15, 0.2) is 12.2 Å². The summed E-state index contributed by atoms with van der Waals surface area (Å²) in [6, 6.07) is 0. The molecule has 30 heavy (non-hydrogen) atoms. The Hall–Kier alpha value is -0.910. The second-order valence-electron chi connectivity index (χ2n) is 9.78. The molecular formula is C25H44O5. The third-order valence-corrected chi connectivity index (χ3v) is 7.22. The van der Waals surface area contributed by atoms with Crippen LogP contribution in [0.2, 0.25) is 0 Å². The first-order valence-corrected chi connectivity index (χ1v) is 12.3. The highest BCUT2D eigenvalue weighted by atomic mass is 16.4. The van der Waals surface area contributed by atoms with Crippen LogP contribution in [0.1, 0.15) is 103 Å². The Labute approximate surface area is 182 Å². The first-order chi connectivity index (χ1) is 14.4. The number of aliphatic hydroxyl groups excluding tert-OH is 2. The Morgan fingerprint density at radius 1 is 1.00 bits per heavy atom. The molecule has 2 rings (SSSR count). The summed E-state index contributed by atoms with van der Waals surface area (Å²) in [5.74, 6) is -0.326. The van der Waals surface area contributed by atoms with Gasteiger partial charge in [0.1, 0.15) is 0 Å². The van der Waals surface area contributed by atoms with Crippen molar-refractivity contribution in [2.24, 2.45) is 17.8 Å². The number of aliphatic hydroxyl groups is 3. The molecule has 0 aromatic carbocycles. The number of unbranched alkanes of at least 4 members (excludes halogenated alkanes) is 6. The van der Waals surface area contributed by atoms with E-state index < -0.39 is 23.8 Å². The Morgan fingerprint density at radius 3 is 2.37 bits per heavy atom. The summed E-state index contributed by atoms with van der Waals surface area (Å²) in [4.78, 5) is 10.6. The Kier molecular flexibility index (Phi) is 10.8. The quantitative estimate of drug-likeness (QED) is 0.210. The van der Waals surface area contributed by atoms with Gasteiger partial charge in [-0.1, -0.05) is 64.0 Å². The van der Waals surface area contributed by atoms with E-state index in [1.165, 1.54) is 19.3 Å². The molecule has 5 heteroatoms. The predicted molar refractivity (Wildman–Crippen MR) is 119 cm³/mol. The van der Waals surface area contributed by atoms with Gasteiger partial charge in [0.25, 0.3) is 0 Å². The van der Waals surface area contributed by atoms with E-state index in [1.807, 2.05) is 0 Å². The van der Waals surface area contributed by atoms with Crippen LogP contribution in [-0.2, 0) is 4.79 Å². The highest BCUT2D eigenvalue weighted by Crippen LogP contribution is 2.45. The normalized spacial score (nSPS) is 28.8. The SMILES string of the molecule is CCCCCCC(O)(CC=C[C@@H]1[C@@H](CCCCCCC(=O)O)[C@@H](O)C[C@H]1O)C1CC1. The molecule has 2 saturated carbocycles. The van der Waals surface area contributed by atoms with E-state index in [0.717, 1.165) is 51.4 Å². The Morgan fingerprint density at radius 2 is 1.70 bits per heavy atom. The van der Waals surface area contributed by atoms with Crippen molar-refractivity contribution in [2.45, 2.75) is 121 Å². The van der Waals surface area contributed by atoms with Crippen molar-refractivity contribution in [1.82, 2.24) is 0 Å². The molecular weight excluding hydrogens is 380 g/mol. The van der Waals surface area contributed by atoms with Crippen LogP contribution in [0.5, 0.6) is 0 Å². The molecule has 5 nitrogen and oxygen atoms in total. The zero-order chi connectivity index (χ0) is 22.0. The topological polar surface area (TPSA) is 98.0 Å². The molecule has 4 N–H and O–H groups in total. The van der Waals surface area contributed by atoms with Crippen LogP contribution in [0.3, 0.4) is 0 Å². The van der Waals surface area contributed by atoms with Crippen molar-refractivity contribution >= 4 is 5.97 Å². The first-order valence-electron chi connectivity index (χ1n) is 12.3. The van der Waals surface area contributed by atoms with Gasteiger partial charge in [0, 0.05) is 18.8 Å². The lowest BCUT2D eigenvalue weighted by atomic mass is 9.85. The van der Waals surface area contributed by atoms with Gasteiger partial charge in [-0.25, -0.2) is 0 Å². The van der Waals surface area contributed by atoms with Gasteiger partial charge in [-0.15, -0.1) is 0 Å². The maximum absolute atomic E-state index is 11.2. The summed E-state index contributed by atoms with van der Waals surface area (Å²) in [5.41, 5.74) is -0.605. The fourth-order valence-electron chi connectivity index (χ4n) is 5.17. The minimum Gasteiger partial charge on any atom is -0.481 e. The van der Waals surface area contributed by atoms with E-state index in [2.05, 4.69) is 19.1 Å². The van der Waals surface area contributed by atoms with Gasteiger partial charge >= 0.3 is 5.97 Å². The van der Waals surface area contributed by atoms with Crippen molar-refractivity contribution in [3.8, 4) is 0 Å². The molecule has 2 aliphatic carbocycles. The third kappa shape index (κ3) is 8.32. The summed E-state index contributed by atoms with van der Waals surface area (Å²) < 4.78 is 0. The van der Waals surface area contributed by atoms with E-state index in [1.54, 1.807) is 0 Å². The van der Waals surface area contributed by atoms with Crippen LogP contribution in [-0.4, -0.2) is 44.2 Å². The molecule has 0 spiro atoms. The number of aliphatic carboxylic acids is 1. The standard InChI is InChI=1S/C25H44O5/c1-2-3-4-9-16-25(30,19-14-15-19)17-10-12-21-20(22(26)18-23(21)27)11-7-5-6-8-13-24(28)29/h10,12,19-23,26-27,30H,2-9,11,13-18H2,1H3,(H,28,29)/t20-,21-,22+,23-,25?/m1/s1. The number of carbonyl (C=O) groups is 1. The highest BCUT2D eigenvalue weighted by molar-refractivity contribution is 5.66. The lowest BCUT2D eigenvalue weighted by Gasteiger charge is -2.28. The molecule has 0 aliphatic heterocycles. The van der Waals surface area contributed by atoms with Gasteiger partial charge in [0.15, 0.2) is 0 Å². The number of hydrogen-bond donors (Lipinski definition) is 4. The van der Waals surface area contributed by atoms with Crippen molar-refractivity contribution < 1.29 is 25.2 Å². The van der Waals surface area contributed by atoms with Crippen molar-refractivity contribution in [3.63, 3.8) is 0 Å². The molecule has 2 aliphatic rings. The van der Waals surface area contributed by atoms with Crippen LogP contribution in [0.25, 0.3) is 0 Å². The first kappa shape index (κ1) is 25.4. The van der Waals surface area contributed by atoms with Crippen LogP contribution in [0, 0.1) is 17.8 Å². The summed E-state index contributed by atoms with van der Waals surface area (Å²) >= 11 is 0. The molecule has 0 aromatic heterocycles. The largest absolute Gasteiger partial charge is 0.481 e. The average molecular weight is 425 g/mol. The number of hydrogen-bond acceptors (Lipinski definition) is 4. The second kappa shape index (κ2) is 12.8. The van der Waals surface area contributed by atoms with Crippen molar-refractivity contribution in [1.29, 1.82) is 0 Å². The molecule has 0 aromatic rings. The van der Waals surface area contributed by atoms with E-state index in [9.17, 15) is 20.1 Å². The summed E-state index contributed by atoms with van der Waals surface area (Å²) in [7, 11) is 0. The van der Waals surface area contributed by atoms with Crippen LogP contribution < -0.4 is 0 Å². The van der Waals surface area contributed by atoms with Gasteiger partial charge in [-0.2, -0.15) is 0 Å². The summed E-state index contributed by atoms with van der Waals surface area (Å²) in [6.07, 6.45) is 16.5. The lowest BCUT2D eigenvalue weighted by molar-refractivity contribution is -0.137. The lowest BCUT2D eigenvalue weighted by Crippen LogP contribution is -2.30. The van der Waals surface area contributed by atoms with Crippen LogP contribution >= 0.6 is 0 Å². The third-order valence-electron chi connectivity index (χ3n) is 7.22. The summed E-state index contributed by atoms with van der Waals surface area (Å²) in [6.45, 7) is 2.20. The van der Waals surface area contributed by atoms with E-state index in [4.69, 9.17) is 5.11 Å². The van der Waals surface area contributed by atoms with E-state index in [0.29, 0.717) is 25.2 Å². The molecule has 0 heterocycles. The number of carboxylic acid groups (broad SMARTS) is 1. The number of carboxylic acids is 1. The molecule has 2 fully saturated rings. The van der Waals surface area contributed by atoms with Gasteiger partial charge in [-0.3, -0.25) is 4.79 Å². The molecule has 0 radical (unpaired) electrons. The molecule has 174 valence electrons. The fourth-order valence-corrected chi connectivity index (χ4v) is 5.17. The van der Waals surface area contributed by atoms with Gasteiger partial charge in [0.2, 0.25) is 0 Å². The predicted octanol–water partition coefficient (Wildman–Crippen LogP) is 4.83. The molecule has 0 amide bonds. The fraction of sp³-hybridized carbons (Fsp3) is 0.880. The highest BCUT2D eigenvalue weighted by Gasteiger charge is 2.43. The monoisotopic (exact) mass is 424 g/mol. The molecule has 0 bridgehead atoms. The minimum absolute atomic E-state index is 0.0503. The summed E-state index contributed by atoms with van der Waals surface area (Å²) in [5, 5.41) is 40.7. The number of rotatable bonds is 16. The average Bonchev–Trinajstić information content (AvgIpc) is 3.51. The Bertz CT molecular complexity index is 530. The second-order valence-corrected chi connectivity index (χ2v) is 9.78. The molecule has 5 atom stereocenters. The maximum atomic E-state index is 11.2. The maximum Gasteiger partial charge on any atom is 0.303 e. The zero-order valence-corrected chi connectivity index (χ0v) is 18.8. The van der Waals surface area contributed by atoms with E-state index in [-0.39, 0.29) is 18.3 Å². The minimum atomic E-state index is -0.744. The van der Waals surface area contributed by atoms with E-state index >= 15 is 0 Å².